The van der Waals surface area contributed by atoms with Gasteiger partial charge in [-0.1, -0.05) is 0 Å². The van der Waals surface area contributed by atoms with Crippen LogP contribution in [0, 0.1) is 6.92 Å². The van der Waals surface area contributed by atoms with Crippen LogP contribution in [-0.2, 0) is 10.0 Å². The Kier molecular flexibility index (Phi) is 6.36. The molecule has 152 valence electrons. The van der Waals surface area contributed by atoms with E-state index in [1.54, 1.807) is 11.8 Å². The third-order valence-corrected chi connectivity index (χ3v) is 7.76. The Morgan fingerprint density at radius 2 is 1.79 bits per heavy atom. The zero-order valence-corrected chi connectivity index (χ0v) is 18.0. The summed E-state index contributed by atoms with van der Waals surface area (Å²) in [4.78, 5) is 19.8. The number of hydrogen-bond donors (Lipinski definition) is 0. The Bertz CT molecular complexity index is 931. The van der Waals surface area contributed by atoms with Crippen LogP contribution in [0.15, 0.2) is 24.3 Å². The smallest absolute Gasteiger partial charge is 0.265 e. The molecule has 0 N–H and O–H groups in total. The Balaban J connectivity index is 1.72. The first-order chi connectivity index (χ1) is 13.4. The molecule has 9 heteroatoms. The minimum Gasteiger partial charge on any atom is -0.494 e. The van der Waals surface area contributed by atoms with E-state index in [9.17, 15) is 13.2 Å². The highest BCUT2D eigenvalue weighted by Gasteiger charge is 2.29. The molecule has 7 nitrogen and oxygen atoms in total. The first-order valence-corrected chi connectivity index (χ1v) is 11.8. The maximum absolute atomic E-state index is 12.9. The van der Waals surface area contributed by atoms with Crippen molar-refractivity contribution in [2.24, 2.45) is 0 Å². The lowest BCUT2D eigenvalue weighted by molar-refractivity contribution is 0.0702. The molecule has 3 rings (SSSR count). The van der Waals surface area contributed by atoms with Gasteiger partial charge in [0.2, 0.25) is 10.0 Å². The molecule has 0 atom stereocenters. The Morgan fingerprint density at radius 1 is 1.14 bits per heavy atom. The van der Waals surface area contributed by atoms with Crippen LogP contribution >= 0.6 is 11.3 Å². The number of carbonyl (C=O) groups is 1. The lowest BCUT2D eigenvalue weighted by Gasteiger charge is -2.33. The number of sulfonamides is 1. The van der Waals surface area contributed by atoms with Crippen molar-refractivity contribution in [3.63, 3.8) is 0 Å². The van der Waals surface area contributed by atoms with Gasteiger partial charge in [-0.15, -0.1) is 11.3 Å². The van der Waals surface area contributed by atoms with Crippen molar-refractivity contribution >= 4 is 27.3 Å². The van der Waals surface area contributed by atoms with Crippen LogP contribution in [0.3, 0.4) is 0 Å². The molecule has 2 aromatic rings. The Hall–Kier alpha value is -1.97. The van der Waals surface area contributed by atoms with Crippen molar-refractivity contribution in [1.29, 1.82) is 0 Å². The Morgan fingerprint density at radius 3 is 2.36 bits per heavy atom. The van der Waals surface area contributed by atoms with Gasteiger partial charge >= 0.3 is 0 Å². The maximum Gasteiger partial charge on any atom is 0.265 e. The summed E-state index contributed by atoms with van der Waals surface area (Å²) in [5, 5.41) is 0.788. The van der Waals surface area contributed by atoms with E-state index in [0.717, 1.165) is 16.3 Å². The van der Waals surface area contributed by atoms with Gasteiger partial charge in [0, 0.05) is 31.7 Å². The van der Waals surface area contributed by atoms with Gasteiger partial charge in [0.25, 0.3) is 5.91 Å². The molecule has 1 aliphatic rings. The van der Waals surface area contributed by atoms with Crippen molar-refractivity contribution in [3.05, 3.63) is 34.8 Å². The lowest BCUT2D eigenvalue weighted by atomic mass is 10.2. The summed E-state index contributed by atoms with van der Waals surface area (Å²) in [5.74, 6) is 0.803. The van der Waals surface area contributed by atoms with Gasteiger partial charge in [0.15, 0.2) is 0 Å². The van der Waals surface area contributed by atoms with Crippen LogP contribution < -0.4 is 4.74 Å². The van der Waals surface area contributed by atoms with E-state index >= 15 is 0 Å². The van der Waals surface area contributed by atoms with Crippen LogP contribution in [0.2, 0.25) is 0 Å². The molecule has 0 spiro atoms. The fraction of sp³-hybridized carbons (Fsp3) is 0.474. The molecule has 2 heterocycles. The van der Waals surface area contributed by atoms with E-state index in [2.05, 4.69) is 4.98 Å². The SMILES string of the molecule is CCOc1ccc(-c2nc(C)c(C(=O)N3CCN(S(=O)(=O)CC)CC3)s2)cc1. The van der Waals surface area contributed by atoms with Gasteiger partial charge in [0.1, 0.15) is 15.6 Å². The number of hydrogen-bond acceptors (Lipinski definition) is 6. The van der Waals surface area contributed by atoms with E-state index < -0.39 is 10.0 Å². The number of aryl methyl sites for hydroxylation is 1. The molecular formula is C19H25N3O4S2. The van der Waals surface area contributed by atoms with Gasteiger partial charge in [-0.25, -0.2) is 13.4 Å². The van der Waals surface area contributed by atoms with Gasteiger partial charge in [-0.2, -0.15) is 4.31 Å². The molecule has 1 saturated heterocycles. The summed E-state index contributed by atoms with van der Waals surface area (Å²) in [5.41, 5.74) is 1.64. The van der Waals surface area contributed by atoms with E-state index in [4.69, 9.17) is 4.74 Å². The third kappa shape index (κ3) is 4.37. The largest absolute Gasteiger partial charge is 0.494 e. The molecule has 28 heavy (non-hydrogen) atoms. The predicted octanol–water partition coefficient (Wildman–Crippen LogP) is 2.62. The minimum absolute atomic E-state index is 0.0827. The number of benzene rings is 1. The van der Waals surface area contributed by atoms with E-state index in [0.29, 0.717) is 43.4 Å². The molecule has 0 bridgehead atoms. The van der Waals surface area contributed by atoms with Crippen LogP contribution in [-0.4, -0.2) is 67.1 Å². The van der Waals surface area contributed by atoms with Crippen LogP contribution in [0.4, 0.5) is 0 Å². The number of rotatable bonds is 6. The maximum atomic E-state index is 12.9. The number of thiazole rings is 1. The fourth-order valence-corrected chi connectivity index (χ4v) is 5.20. The highest BCUT2D eigenvalue weighted by molar-refractivity contribution is 7.89. The summed E-state index contributed by atoms with van der Waals surface area (Å²) < 4.78 is 30.9. The number of nitrogens with zero attached hydrogens (tertiary/aromatic N) is 3. The van der Waals surface area contributed by atoms with Gasteiger partial charge in [0.05, 0.1) is 18.1 Å². The highest BCUT2D eigenvalue weighted by Crippen LogP contribution is 2.30. The second kappa shape index (κ2) is 8.59. The minimum atomic E-state index is -3.21. The van der Waals surface area contributed by atoms with E-state index in [-0.39, 0.29) is 11.7 Å². The molecular weight excluding hydrogens is 398 g/mol. The third-order valence-electron chi connectivity index (χ3n) is 4.69. The molecule has 0 saturated carbocycles. The normalized spacial score (nSPS) is 15.6. The summed E-state index contributed by atoms with van der Waals surface area (Å²) in [6.07, 6.45) is 0. The van der Waals surface area contributed by atoms with Crippen LogP contribution in [0.25, 0.3) is 10.6 Å². The first kappa shape index (κ1) is 20.8. The van der Waals surface area contributed by atoms with Crippen LogP contribution in [0.1, 0.15) is 29.2 Å². The average Bonchev–Trinajstić information content (AvgIpc) is 3.10. The van der Waals surface area contributed by atoms with Crippen molar-refractivity contribution in [2.75, 3.05) is 38.5 Å². The summed E-state index contributed by atoms with van der Waals surface area (Å²) in [6.45, 7) is 7.49. The molecule has 0 aliphatic carbocycles. The molecule has 0 unspecified atom stereocenters. The van der Waals surface area contributed by atoms with E-state index in [1.807, 2.05) is 38.1 Å². The molecule has 0 radical (unpaired) electrons. The average molecular weight is 424 g/mol. The molecule has 1 aromatic heterocycles. The molecule has 1 aliphatic heterocycles. The number of piperazine rings is 1. The second-order valence-electron chi connectivity index (χ2n) is 6.48. The first-order valence-electron chi connectivity index (χ1n) is 9.33. The standard InChI is InChI=1S/C19H25N3O4S2/c1-4-26-16-8-6-15(7-9-16)18-20-14(3)17(27-18)19(23)21-10-12-22(13-11-21)28(24,25)5-2/h6-9H,4-5,10-13H2,1-3H3. The quantitative estimate of drug-likeness (QED) is 0.714. The number of aromatic nitrogens is 1. The van der Waals surface area contributed by atoms with Crippen molar-refractivity contribution in [1.82, 2.24) is 14.2 Å². The monoisotopic (exact) mass is 423 g/mol. The summed E-state index contributed by atoms with van der Waals surface area (Å²) in [6, 6.07) is 7.66. The summed E-state index contributed by atoms with van der Waals surface area (Å²) >= 11 is 1.37. The predicted molar refractivity (Wildman–Crippen MR) is 110 cm³/mol. The second-order valence-corrected chi connectivity index (χ2v) is 9.74. The van der Waals surface area contributed by atoms with Crippen molar-refractivity contribution in [2.45, 2.75) is 20.8 Å². The van der Waals surface area contributed by atoms with Crippen molar-refractivity contribution < 1.29 is 17.9 Å². The molecule has 1 amide bonds. The Labute approximate surface area is 170 Å². The van der Waals surface area contributed by atoms with Gasteiger partial charge in [-0.05, 0) is 45.0 Å². The zero-order valence-electron chi connectivity index (χ0n) is 16.3. The topological polar surface area (TPSA) is 79.8 Å². The molecule has 1 fully saturated rings. The number of carbonyl (C=O) groups excluding carboxylic acids is 1. The van der Waals surface area contributed by atoms with Gasteiger partial charge < -0.3 is 9.64 Å². The zero-order chi connectivity index (χ0) is 20.3. The fourth-order valence-electron chi connectivity index (χ4n) is 3.07. The van der Waals surface area contributed by atoms with E-state index in [1.165, 1.54) is 15.6 Å². The molecule has 1 aromatic carbocycles. The number of ether oxygens (including phenoxy) is 1. The van der Waals surface area contributed by atoms with Crippen molar-refractivity contribution in [3.8, 4) is 16.3 Å². The highest BCUT2D eigenvalue weighted by atomic mass is 32.2. The summed E-state index contributed by atoms with van der Waals surface area (Å²) in [7, 11) is -3.21. The lowest BCUT2D eigenvalue weighted by Crippen LogP contribution is -2.50. The van der Waals surface area contributed by atoms with Crippen LogP contribution in [0.5, 0.6) is 5.75 Å². The van der Waals surface area contributed by atoms with Gasteiger partial charge in [-0.3, -0.25) is 4.79 Å². The number of amides is 1.